The van der Waals surface area contributed by atoms with E-state index in [0.717, 1.165) is 70.8 Å². The van der Waals surface area contributed by atoms with Gasteiger partial charge in [0.1, 0.15) is 0 Å². The van der Waals surface area contributed by atoms with E-state index >= 15 is 9.59 Å². The largest absolute Gasteiger partial charge is 0.311 e. The molecule has 0 saturated heterocycles. The summed E-state index contributed by atoms with van der Waals surface area (Å²) in [6, 6.07) is 22.9. The van der Waals surface area contributed by atoms with Crippen LogP contribution in [-0.2, 0) is 5.41 Å². The molecule has 7 rings (SSSR count). The van der Waals surface area contributed by atoms with Gasteiger partial charge in [-0.3, -0.25) is 9.59 Å². The molecule has 4 nitrogen and oxygen atoms in total. The summed E-state index contributed by atoms with van der Waals surface area (Å²) in [5, 5.41) is 1.98. The molecule has 0 saturated carbocycles. The van der Waals surface area contributed by atoms with E-state index in [0.29, 0.717) is 18.4 Å². The van der Waals surface area contributed by atoms with Crippen LogP contribution in [0.3, 0.4) is 0 Å². The van der Waals surface area contributed by atoms with Crippen molar-refractivity contribution in [1.82, 2.24) is 9.80 Å². The minimum atomic E-state index is -0.227. The van der Waals surface area contributed by atoms with Crippen molar-refractivity contribution in [2.24, 2.45) is 17.3 Å². The normalized spacial score (nSPS) is 13.7. The minimum Gasteiger partial charge on any atom is -0.311 e. The van der Waals surface area contributed by atoms with Crippen LogP contribution in [0.4, 0.5) is 0 Å². The summed E-state index contributed by atoms with van der Waals surface area (Å²) in [6.45, 7) is 24.7. The van der Waals surface area contributed by atoms with E-state index in [1.807, 2.05) is 45.3 Å². The molecular weight excluding hydrogens is 1190 g/mol. The van der Waals surface area contributed by atoms with E-state index < -0.39 is 0 Å². The summed E-state index contributed by atoms with van der Waals surface area (Å²) < 4.78 is 0. The summed E-state index contributed by atoms with van der Waals surface area (Å²) >= 11 is 7.52. The third kappa shape index (κ3) is 23.2. The fourth-order valence-corrected chi connectivity index (χ4v) is 19.1. The fraction of sp³-hybridized carbons (Fsp3) is 0.687. The van der Waals surface area contributed by atoms with Gasteiger partial charge in [0.15, 0.2) is 0 Å². The lowest BCUT2D eigenvalue weighted by Gasteiger charge is -2.34. The van der Waals surface area contributed by atoms with Crippen LogP contribution in [0.1, 0.15) is 363 Å². The second-order valence-electron chi connectivity index (χ2n) is 29.8. The summed E-state index contributed by atoms with van der Waals surface area (Å²) in [7, 11) is 0. The highest BCUT2D eigenvalue weighted by Gasteiger charge is 2.40. The average molecular weight is 1310 g/mol. The first-order valence-corrected chi connectivity index (χ1v) is 41.5. The van der Waals surface area contributed by atoms with Crippen molar-refractivity contribution in [3.63, 3.8) is 0 Å². The zero-order chi connectivity index (χ0) is 64.9. The standard InChI is InChI=1S/C83H128N2O2S4/c1-11-16-21-25-29-33-37-41-45-64(46-42-38-34-30-26-22-17-12-2)57-60-84-78(76-54-53-73(90-76)72-50-49-70(88-72)71-51-52-74(89-71)75-55-56-77(91-75)82(6,7)8)66-62-69-67(63-68(66)80(84)86)79(83(9,10)59-20-15-5)85(81(69)87)61-58-65(47-43-39-35-31-27-23-18-13-3)48-44-40-36-32-28-24-19-14-4/h49-56,62-65H,11-48,57-61H2,1-10H3. The Hall–Kier alpha value is -3.30. The first kappa shape index (κ1) is 75.1. The number of thiophene rings is 4. The van der Waals surface area contributed by atoms with Crippen molar-refractivity contribution < 1.29 is 9.59 Å². The van der Waals surface area contributed by atoms with Crippen molar-refractivity contribution in [3.05, 3.63) is 92.0 Å². The number of unbranched alkanes of at least 4 members (excludes halogenated alkanes) is 29. The van der Waals surface area contributed by atoms with Gasteiger partial charge < -0.3 is 9.80 Å². The maximum absolute atomic E-state index is 15.7. The highest BCUT2D eigenvalue weighted by atomic mass is 32.1. The summed E-state index contributed by atoms with van der Waals surface area (Å²) in [4.78, 5) is 46.1. The number of amides is 2. The van der Waals surface area contributed by atoms with Gasteiger partial charge >= 0.3 is 0 Å². The van der Waals surface area contributed by atoms with Crippen LogP contribution in [0.5, 0.6) is 0 Å². The van der Waals surface area contributed by atoms with Gasteiger partial charge in [-0.05, 0) is 97.2 Å². The van der Waals surface area contributed by atoms with Crippen LogP contribution in [-0.4, -0.2) is 34.7 Å². The Labute approximate surface area is 573 Å². The first-order valence-electron chi connectivity index (χ1n) is 38.2. The quantitative estimate of drug-likeness (QED) is 0.0364. The van der Waals surface area contributed by atoms with Crippen molar-refractivity contribution >= 4 is 68.6 Å². The molecule has 0 spiro atoms. The zero-order valence-electron chi connectivity index (χ0n) is 59.7. The van der Waals surface area contributed by atoms with Crippen molar-refractivity contribution in [2.75, 3.05) is 13.1 Å². The smallest absolute Gasteiger partial charge is 0.259 e. The van der Waals surface area contributed by atoms with E-state index in [1.165, 1.54) is 271 Å². The minimum absolute atomic E-state index is 0.125. The van der Waals surface area contributed by atoms with Gasteiger partial charge in [-0.1, -0.05) is 313 Å². The van der Waals surface area contributed by atoms with E-state index in [-0.39, 0.29) is 22.6 Å². The van der Waals surface area contributed by atoms with Gasteiger partial charge in [-0.2, -0.15) is 0 Å². The average Bonchev–Trinajstić information content (AvgIpc) is 1.57. The summed E-state index contributed by atoms with van der Waals surface area (Å²) in [5.41, 5.74) is 3.71. The van der Waals surface area contributed by atoms with Crippen molar-refractivity contribution in [2.45, 2.75) is 338 Å². The molecule has 91 heavy (non-hydrogen) atoms. The van der Waals surface area contributed by atoms with Crippen LogP contribution in [0.2, 0.25) is 0 Å². The van der Waals surface area contributed by atoms with Crippen molar-refractivity contribution in [3.8, 4) is 29.3 Å². The van der Waals surface area contributed by atoms with Gasteiger partial charge in [-0.15, -0.1) is 45.3 Å². The predicted molar refractivity (Wildman–Crippen MR) is 405 cm³/mol. The molecule has 0 N–H and O–H groups in total. The van der Waals surface area contributed by atoms with Crippen LogP contribution >= 0.6 is 45.3 Å². The van der Waals surface area contributed by atoms with Gasteiger partial charge in [0.2, 0.25) is 0 Å². The maximum atomic E-state index is 15.7. The molecule has 2 amide bonds. The van der Waals surface area contributed by atoms with E-state index in [4.69, 9.17) is 0 Å². The highest BCUT2D eigenvalue weighted by Crippen LogP contribution is 2.46. The lowest BCUT2D eigenvalue weighted by molar-refractivity contribution is 0.0816. The number of hydrogen-bond donors (Lipinski definition) is 0. The molecule has 0 aliphatic carbocycles. The van der Waals surface area contributed by atoms with E-state index in [9.17, 15) is 0 Å². The molecule has 506 valence electrons. The summed E-state index contributed by atoms with van der Waals surface area (Å²) in [5.74, 6) is 1.49. The molecule has 0 atom stereocenters. The van der Waals surface area contributed by atoms with Gasteiger partial charge in [0.25, 0.3) is 11.8 Å². The molecule has 0 radical (unpaired) electrons. The predicted octanol–water partition coefficient (Wildman–Crippen LogP) is 26.8. The molecule has 0 bridgehead atoms. The third-order valence-corrected chi connectivity index (χ3v) is 25.8. The molecule has 4 aromatic heterocycles. The Balaban J connectivity index is 1.20. The maximum Gasteiger partial charge on any atom is 0.259 e. The van der Waals surface area contributed by atoms with Crippen LogP contribution in [0, 0.1) is 17.3 Å². The number of hydrogen-bond acceptors (Lipinski definition) is 6. The second-order valence-corrected chi connectivity index (χ2v) is 34.1. The molecule has 1 aromatic carbocycles. The molecule has 6 heterocycles. The van der Waals surface area contributed by atoms with E-state index in [1.54, 1.807) is 0 Å². The Morgan fingerprint density at radius 1 is 0.341 bits per heavy atom. The molecule has 8 heteroatoms. The fourth-order valence-electron chi connectivity index (χ4n) is 14.7. The van der Waals surface area contributed by atoms with Crippen LogP contribution in [0.25, 0.3) is 40.7 Å². The Morgan fingerprint density at radius 2 is 0.648 bits per heavy atom. The van der Waals surface area contributed by atoms with Gasteiger partial charge in [-0.25, -0.2) is 0 Å². The molecule has 0 fully saturated rings. The third-order valence-electron chi connectivity index (χ3n) is 20.5. The number of fused-ring (bicyclic) bond motifs is 2. The topological polar surface area (TPSA) is 40.6 Å². The lowest BCUT2D eigenvalue weighted by Crippen LogP contribution is -2.34. The Kier molecular flexibility index (Phi) is 33.3. The number of carbonyl (C=O) groups is 2. The Morgan fingerprint density at radius 3 is 1.03 bits per heavy atom. The Bertz CT molecular complexity index is 2970. The zero-order valence-corrected chi connectivity index (χ0v) is 62.9. The van der Waals surface area contributed by atoms with Crippen LogP contribution in [0.15, 0.2) is 60.7 Å². The first-order chi connectivity index (χ1) is 44.2. The number of benzene rings is 1. The van der Waals surface area contributed by atoms with Gasteiger partial charge in [0, 0.05) is 79.9 Å². The highest BCUT2D eigenvalue weighted by molar-refractivity contribution is 7.28. The monoisotopic (exact) mass is 1310 g/mol. The molecule has 5 aromatic rings. The molecular formula is C83H128N2O2S4. The SMILES string of the molecule is CCCCCCCCCCC(CCCCCCCCCC)CCN1C(=O)c2cc3c(cc2=C1c1ccc(-c2ccc(-c4ccc(-c5ccc(C(C)(C)C)s5)s4)s2)s1)C(=O)N(CCC(CCCCCCCCCC)CCCCCCCCCC)C=3C(C)(C)CCCC. The van der Waals surface area contributed by atoms with Crippen LogP contribution < -0.4 is 10.4 Å². The van der Waals surface area contributed by atoms with Gasteiger partial charge in [0.05, 0.1) is 10.6 Å². The van der Waals surface area contributed by atoms with Crippen molar-refractivity contribution in [1.29, 1.82) is 0 Å². The number of rotatable bonds is 50. The molecule has 2 aliphatic rings. The molecule has 0 unspecified atom stereocenters. The second kappa shape index (κ2) is 40.3. The molecule has 2 aliphatic heterocycles. The number of nitrogens with zero attached hydrogens (tertiary/aromatic N) is 2. The summed E-state index contributed by atoms with van der Waals surface area (Å²) in [6.07, 6.45) is 53.3. The lowest BCUT2D eigenvalue weighted by atomic mass is 9.82. The van der Waals surface area contributed by atoms with E-state index in [2.05, 4.69) is 140 Å². The number of carbonyl (C=O) groups excluding carboxylic acids is 2.